The molecular weight excluding hydrogens is 282 g/mol. The van der Waals surface area contributed by atoms with Crippen molar-refractivity contribution in [2.24, 2.45) is 12.8 Å². The zero-order valence-electron chi connectivity index (χ0n) is 13.4. The standard InChI is InChI=1S/C17H24ClN3/c1-11-16(18)15(21(5)20-11)10-14(19)12-8-6-7-9-13(12)17(2,3)4/h6-9,14H,10,19H2,1-5H3. The molecular formula is C17H24ClN3. The fraction of sp³-hybridized carbons (Fsp3) is 0.471. The molecule has 0 aliphatic heterocycles. The Bertz CT molecular complexity index is 638. The predicted octanol–water partition coefficient (Wildman–Crippen LogP) is 3.92. The van der Waals surface area contributed by atoms with Crippen LogP contribution in [0.1, 0.15) is 49.3 Å². The molecule has 0 radical (unpaired) electrons. The third-order valence-corrected chi connectivity index (χ3v) is 4.33. The van der Waals surface area contributed by atoms with E-state index in [-0.39, 0.29) is 11.5 Å². The highest BCUT2D eigenvalue weighted by Gasteiger charge is 2.22. The summed E-state index contributed by atoms with van der Waals surface area (Å²) < 4.78 is 1.83. The average Bonchev–Trinajstić information content (AvgIpc) is 2.64. The minimum atomic E-state index is -0.0901. The molecule has 21 heavy (non-hydrogen) atoms. The van der Waals surface area contributed by atoms with Gasteiger partial charge in [-0.25, -0.2) is 0 Å². The zero-order chi connectivity index (χ0) is 15.8. The van der Waals surface area contributed by atoms with E-state index < -0.39 is 0 Å². The molecule has 0 spiro atoms. The van der Waals surface area contributed by atoms with Crippen LogP contribution in [0.25, 0.3) is 0 Å². The van der Waals surface area contributed by atoms with Crippen LogP contribution in [0.4, 0.5) is 0 Å². The summed E-state index contributed by atoms with van der Waals surface area (Å²) in [6.45, 7) is 8.54. The molecule has 1 heterocycles. The summed E-state index contributed by atoms with van der Waals surface area (Å²) in [6.07, 6.45) is 0.684. The van der Waals surface area contributed by atoms with Crippen molar-refractivity contribution in [3.05, 3.63) is 51.8 Å². The summed E-state index contributed by atoms with van der Waals surface area (Å²) in [4.78, 5) is 0. The summed E-state index contributed by atoms with van der Waals surface area (Å²) in [5.41, 5.74) is 10.9. The van der Waals surface area contributed by atoms with Crippen molar-refractivity contribution in [1.29, 1.82) is 0 Å². The van der Waals surface area contributed by atoms with Crippen LogP contribution in [0.5, 0.6) is 0 Å². The van der Waals surface area contributed by atoms with Crippen LogP contribution < -0.4 is 5.73 Å². The van der Waals surface area contributed by atoms with Gasteiger partial charge in [0.25, 0.3) is 0 Å². The van der Waals surface area contributed by atoms with Gasteiger partial charge in [-0.3, -0.25) is 4.68 Å². The fourth-order valence-corrected chi connectivity index (χ4v) is 2.96. The lowest BCUT2D eigenvalue weighted by Crippen LogP contribution is -2.22. The van der Waals surface area contributed by atoms with E-state index in [1.165, 1.54) is 11.1 Å². The van der Waals surface area contributed by atoms with E-state index >= 15 is 0 Å². The molecule has 1 atom stereocenters. The smallest absolute Gasteiger partial charge is 0.0847 e. The quantitative estimate of drug-likeness (QED) is 0.934. The van der Waals surface area contributed by atoms with Crippen LogP contribution in [0.3, 0.4) is 0 Å². The first-order chi connectivity index (χ1) is 9.71. The second-order valence-corrected chi connectivity index (χ2v) is 7.00. The number of hydrogen-bond donors (Lipinski definition) is 1. The minimum absolute atomic E-state index is 0.0698. The van der Waals surface area contributed by atoms with Crippen molar-refractivity contribution in [2.75, 3.05) is 0 Å². The van der Waals surface area contributed by atoms with E-state index in [1.54, 1.807) is 0 Å². The molecule has 0 aliphatic rings. The van der Waals surface area contributed by atoms with Crippen molar-refractivity contribution in [1.82, 2.24) is 9.78 Å². The Balaban J connectivity index is 2.35. The molecule has 0 bridgehead atoms. The van der Waals surface area contributed by atoms with Gasteiger partial charge in [0.2, 0.25) is 0 Å². The molecule has 0 fully saturated rings. The highest BCUT2D eigenvalue weighted by atomic mass is 35.5. The lowest BCUT2D eigenvalue weighted by atomic mass is 9.81. The third-order valence-electron chi connectivity index (χ3n) is 3.84. The summed E-state index contributed by atoms with van der Waals surface area (Å²) >= 11 is 6.34. The topological polar surface area (TPSA) is 43.8 Å². The third kappa shape index (κ3) is 3.30. The van der Waals surface area contributed by atoms with Crippen molar-refractivity contribution in [3.8, 4) is 0 Å². The van der Waals surface area contributed by atoms with Gasteiger partial charge in [-0.05, 0) is 23.5 Å². The number of hydrogen-bond acceptors (Lipinski definition) is 2. The van der Waals surface area contributed by atoms with Crippen molar-refractivity contribution in [2.45, 2.75) is 45.6 Å². The highest BCUT2D eigenvalue weighted by Crippen LogP contribution is 2.31. The predicted molar refractivity (Wildman–Crippen MR) is 88.7 cm³/mol. The van der Waals surface area contributed by atoms with E-state index in [2.05, 4.69) is 44.1 Å². The number of aromatic nitrogens is 2. The van der Waals surface area contributed by atoms with Crippen LogP contribution in [0.2, 0.25) is 5.02 Å². The molecule has 1 aromatic heterocycles. The number of halogens is 1. The maximum Gasteiger partial charge on any atom is 0.0847 e. The number of nitrogens with two attached hydrogens (primary N) is 1. The molecule has 3 nitrogen and oxygen atoms in total. The second kappa shape index (κ2) is 5.82. The van der Waals surface area contributed by atoms with Gasteiger partial charge in [0.05, 0.1) is 16.4 Å². The number of aryl methyl sites for hydroxylation is 2. The molecule has 0 saturated heterocycles. The number of benzene rings is 1. The Labute approximate surface area is 132 Å². The maximum atomic E-state index is 6.47. The normalized spacial score (nSPS) is 13.5. The van der Waals surface area contributed by atoms with Gasteiger partial charge in [-0.1, -0.05) is 56.6 Å². The Morgan fingerprint density at radius 1 is 1.29 bits per heavy atom. The van der Waals surface area contributed by atoms with Gasteiger partial charge in [0.1, 0.15) is 0 Å². The van der Waals surface area contributed by atoms with E-state index in [1.807, 2.05) is 24.7 Å². The van der Waals surface area contributed by atoms with E-state index in [0.29, 0.717) is 6.42 Å². The molecule has 1 unspecified atom stereocenters. The van der Waals surface area contributed by atoms with Crippen LogP contribution >= 0.6 is 11.6 Å². The zero-order valence-corrected chi connectivity index (χ0v) is 14.2. The van der Waals surface area contributed by atoms with Gasteiger partial charge < -0.3 is 5.73 Å². The molecule has 2 N–H and O–H groups in total. The van der Waals surface area contributed by atoms with Crippen LogP contribution in [0.15, 0.2) is 24.3 Å². The average molecular weight is 306 g/mol. The van der Waals surface area contributed by atoms with Gasteiger partial charge >= 0.3 is 0 Å². The number of nitrogens with zero attached hydrogens (tertiary/aromatic N) is 2. The lowest BCUT2D eigenvalue weighted by Gasteiger charge is -2.26. The van der Waals surface area contributed by atoms with Crippen molar-refractivity contribution in [3.63, 3.8) is 0 Å². The number of rotatable bonds is 3. The first-order valence-electron chi connectivity index (χ1n) is 7.24. The molecule has 4 heteroatoms. The first kappa shape index (κ1) is 16.1. The largest absolute Gasteiger partial charge is 0.324 e. The SMILES string of the molecule is Cc1nn(C)c(CC(N)c2ccccc2C(C)(C)C)c1Cl. The van der Waals surface area contributed by atoms with Crippen LogP contribution in [-0.4, -0.2) is 9.78 Å². The molecule has 114 valence electrons. The maximum absolute atomic E-state index is 6.47. The van der Waals surface area contributed by atoms with E-state index in [0.717, 1.165) is 16.4 Å². The van der Waals surface area contributed by atoms with Crippen LogP contribution in [0, 0.1) is 6.92 Å². The Morgan fingerprint density at radius 3 is 2.43 bits per heavy atom. The van der Waals surface area contributed by atoms with Gasteiger partial charge in [-0.2, -0.15) is 5.10 Å². The molecule has 1 aromatic carbocycles. The Hall–Kier alpha value is -1.32. The second-order valence-electron chi connectivity index (χ2n) is 6.62. The lowest BCUT2D eigenvalue weighted by molar-refractivity contribution is 0.563. The summed E-state index contributed by atoms with van der Waals surface area (Å²) in [5, 5.41) is 5.08. The van der Waals surface area contributed by atoms with Crippen LogP contribution in [-0.2, 0) is 18.9 Å². The molecule has 2 rings (SSSR count). The molecule has 0 amide bonds. The van der Waals surface area contributed by atoms with Gasteiger partial charge in [0, 0.05) is 19.5 Å². The van der Waals surface area contributed by atoms with Gasteiger partial charge in [0.15, 0.2) is 0 Å². The molecule has 0 saturated carbocycles. The molecule has 0 aliphatic carbocycles. The summed E-state index contributed by atoms with van der Waals surface area (Å²) in [7, 11) is 1.91. The summed E-state index contributed by atoms with van der Waals surface area (Å²) in [6, 6.07) is 8.29. The van der Waals surface area contributed by atoms with Gasteiger partial charge in [-0.15, -0.1) is 0 Å². The summed E-state index contributed by atoms with van der Waals surface area (Å²) in [5.74, 6) is 0. The van der Waals surface area contributed by atoms with E-state index in [4.69, 9.17) is 17.3 Å². The van der Waals surface area contributed by atoms with Crippen molar-refractivity contribution < 1.29 is 0 Å². The monoisotopic (exact) mass is 305 g/mol. The molecule has 2 aromatic rings. The minimum Gasteiger partial charge on any atom is -0.324 e. The van der Waals surface area contributed by atoms with Crippen molar-refractivity contribution >= 4 is 11.6 Å². The highest BCUT2D eigenvalue weighted by molar-refractivity contribution is 6.31. The fourth-order valence-electron chi connectivity index (χ4n) is 2.72. The first-order valence-corrected chi connectivity index (χ1v) is 7.62. The Kier molecular flexibility index (Phi) is 4.45. The van der Waals surface area contributed by atoms with E-state index in [9.17, 15) is 0 Å². The Morgan fingerprint density at radius 2 is 1.90 bits per heavy atom.